The van der Waals surface area contributed by atoms with Crippen molar-refractivity contribution in [3.63, 3.8) is 0 Å². The molecule has 1 N–H and O–H groups in total. The summed E-state index contributed by atoms with van der Waals surface area (Å²) in [5.74, 6) is -0.169. The molecule has 0 saturated carbocycles. The van der Waals surface area contributed by atoms with Crippen molar-refractivity contribution in [3.8, 4) is 0 Å². The summed E-state index contributed by atoms with van der Waals surface area (Å²) in [4.78, 5) is 34.6. The van der Waals surface area contributed by atoms with Crippen LogP contribution in [0.25, 0.3) is 10.9 Å². The maximum Gasteiger partial charge on any atom is 0.264 e. The zero-order valence-corrected chi connectivity index (χ0v) is 24.2. The maximum absolute atomic E-state index is 13.8. The van der Waals surface area contributed by atoms with Gasteiger partial charge < -0.3 is 19.5 Å². The summed E-state index contributed by atoms with van der Waals surface area (Å²) in [7, 11) is 1.65. The monoisotopic (exact) mass is 545 g/mol. The SMILES string of the molecule is COCCCN(CC(=O)N(CCc1c[nH]c2ccccc12)Cc1ccc(C(C)(C)C)cc1)C(=O)c1cccs1. The molecule has 2 aromatic heterocycles. The Bertz CT molecular complexity index is 1350. The van der Waals surface area contributed by atoms with Gasteiger partial charge in [-0.3, -0.25) is 9.59 Å². The molecular formula is C32H39N3O3S. The minimum absolute atomic E-state index is 0.0361. The Morgan fingerprint density at radius 3 is 2.41 bits per heavy atom. The highest BCUT2D eigenvalue weighted by Gasteiger charge is 2.23. The maximum atomic E-state index is 13.8. The average molecular weight is 546 g/mol. The number of carbonyl (C=O) groups excluding carboxylic acids is 2. The molecule has 39 heavy (non-hydrogen) atoms. The van der Waals surface area contributed by atoms with Gasteiger partial charge in [-0.05, 0) is 52.5 Å². The summed E-state index contributed by atoms with van der Waals surface area (Å²) < 4.78 is 5.21. The number of para-hydroxylation sites is 1. The van der Waals surface area contributed by atoms with E-state index in [2.05, 4.69) is 62.2 Å². The van der Waals surface area contributed by atoms with Crippen LogP contribution in [-0.2, 0) is 27.9 Å². The Morgan fingerprint density at radius 2 is 1.72 bits per heavy atom. The van der Waals surface area contributed by atoms with Crippen molar-refractivity contribution >= 4 is 34.1 Å². The Labute approximate surface area is 235 Å². The Balaban J connectivity index is 1.54. The van der Waals surface area contributed by atoms with Crippen molar-refractivity contribution in [3.05, 3.63) is 93.8 Å². The summed E-state index contributed by atoms with van der Waals surface area (Å²) >= 11 is 1.40. The van der Waals surface area contributed by atoms with E-state index < -0.39 is 0 Å². The lowest BCUT2D eigenvalue weighted by atomic mass is 9.87. The van der Waals surface area contributed by atoms with E-state index in [9.17, 15) is 9.59 Å². The van der Waals surface area contributed by atoms with Crippen LogP contribution in [-0.4, -0.2) is 59.9 Å². The van der Waals surface area contributed by atoms with E-state index in [1.165, 1.54) is 27.8 Å². The number of nitrogens with one attached hydrogen (secondary N) is 1. The van der Waals surface area contributed by atoms with E-state index in [1.54, 1.807) is 12.0 Å². The third kappa shape index (κ3) is 7.58. The van der Waals surface area contributed by atoms with Gasteiger partial charge in [0.25, 0.3) is 5.91 Å². The minimum Gasteiger partial charge on any atom is -0.385 e. The third-order valence-corrected chi connectivity index (χ3v) is 7.85. The Hall–Kier alpha value is -3.42. The Morgan fingerprint density at radius 1 is 0.949 bits per heavy atom. The number of amides is 2. The van der Waals surface area contributed by atoms with Crippen molar-refractivity contribution in [1.82, 2.24) is 14.8 Å². The van der Waals surface area contributed by atoms with E-state index in [0.717, 1.165) is 17.5 Å². The number of carbonyl (C=O) groups is 2. The standard InChI is InChI=1S/C32H39N3O3S/c1-32(2,3)26-14-12-24(13-15-26)22-34(18-16-25-21-33-28-10-6-5-9-27(25)28)30(36)23-35(17-8-19-38-4)31(37)29-11-7-20-39-29/h5-7,9-15,20-21,33H,8,16-19,22-23H2,1-4H3. The fraction of sp³-hybridized carbons (Fsp3) is 0.375. The summed E-state index contributed by atoms with van der Waals surface area (Å²) in [6.07, 6.45) is 3.42. The lowest BCUT2D eigenvalue weighted by Gasteiger charge is -2.28. The third-order valence-electron chi connectivity index (χ3n) is 6.99. The molecule has 0 aliphatic carbocycles. The van der Waals surface area contributed by atoms with Crippen LogP contribution in [0.4, 0.5) is 0 Å². The predicted octanol–water partition coefficient (Wildman–Crippen LogP) is 6.28. The number of hydrogen-bond donors (Lipinski definition) is 1. The fourth-order valence-corrected chi connectivity index (χ4v) is 5.38. The zero-order chi connectivity index (χ0) is 27.8. The first-order chi connectivity index (χ1) is 18.8. The average Bonchev–Trinajstić information content (AvgIpc) is 3.60. The quantitative estimate of drug-likeness (QED) is 0.213. The van der Waals surface area contributed by atoms with Gasteiger partial charge in [0.15, 0.2) is 0 Å². The molecular weight excluding hydrogens is 506 g/mol. The number of benzene rings is 2. The van der Waals surface area contributed by atoms with Crippen molar-refractivity contribution in [2.24, 2.45) is 0 Å². The fourth-order valence-electron chi connectivity index (χ4n) is 4.69. The molecule has 6 nitrogen and oxygen atoms in total. The van der Waals surface area contributed by atoms with Gasteiger partial charge in [-0.25, -0.2) is 0 Å². The number of rotatable bonds is 12. The van der Waals surface area contributed by atoms with Crippen LogP contribution in [0.2, 0.25) is 0 Å². The summed E-state index contributed by atoms with van der Waals surface area (Å²) in [6.45, 7) is 8.67. The first kappa shape index (κ1) is 28.6. The lowest BCUT2D eigenvalue weighted by molar-refractivity contribution is -0.132. The first-order valence-corrected chi connectivity index (χ1v) is 14.4. The van der Waals surface area contributed by atoms with Gasteiger partial charge in [0, 0.05) is 50.5 Å². The number of hydrogen-bond acceptors (Lipinski definition) is 4. The van der Waals surface area contributed by atoms with Gasteiger partial charge in [0.1, 0.15) is 6.54 Å². The van der Waals surface area contributed by atoms with Gasteiger partial charge in [-0.1, -0.05) is 69.3 Å². The molecule has 0 aliphatic rings. The largest absolute Gasteiger partial charge is 0.385 e. The lowest BCUT2D eigenvalue weighted by Crippen LogP contribution is -2.43. The number of H-pyrrole nitrogens is 1. The minimum atomic E-state index is -0.111. The van der Waals surface area contributed by atoms with Crippen molar-refractivity contribution in [2.75, 3.05) is 33.4 Å². The van der Waals surface area contributed by atoms with Crippen molar-refractivity contribution in [2.45, 2.75) is 45.6 Å². The second-order valence-corrected chi connectivity index (χ2v) is 11.9. The smallest absolute Gasteiger partial charge is 0.264 e. The van der Waals surface area contributed by atoms with Crippen molar-refractivity contribution < 1.29 is 14.3 Å². The van der Waals surface area contributed by atoms with E-state index >= 15 is 0 Å². The Kier molecular flexibility index (Phi) is 9.59. The molecule has 206 valence electrons. The highest BCUT2D eigenvalue weighted by atomic mass is 32.1. The molecule has 0 fully saturated rings. The van der Waals surface area contributed by atoms with E-state index in [1.807, 2.05) is 40.7 Å². The number of thiophene rings is 1. The predicted molar refractivity (Wildman–Crippen MR) is 159 cm³/mol. The van der Waals surface area contributed by atoms with Crippen LogP contribution in [0.3, 0.4) is 0 Å². The van der Waals surface area contributed by atoms with Crippen LogP contribution in [0, 0.1) is 0 Å². The number of aromatic amines is 1. The highest BCUT2D eigenvalue weighted by Crippen LogP contribution is 2.23. The number of fused-ring (bicyclic) bond motifs is 1. The summed E-state index contributed by atoms with van der Waals surface area (Å²) in [6, 6.07) is 20.4. The molecule has 0 aliphatic heterocycles. The van der Waals surface area contributed by atoms with E-state index in [-0.39, 0.29) is 23.8 Å². The van der Waals surface area contributed by atoms with E-state index in [4.69, 9.17) is 4.74 Å². The van der Waals surface area contributed by atoms with Crippen LogP contribution in [0.15, 0.2) is 72.2 Å². The first-order valence-electron chi connectivity index (χ1n) is 13.5. The molecule has 0 radical (unpaired) electrons. The number of methoxy groups -OCH3 is 1. The van der Waals surface area contributed by atoms with Gasteiger partial charge in [-0.15, -0.1) is 11.3 Å². The molecule has 2 aromatic carbocycles. The second-order valence-electron chi connectivity index (χ2n) is 10.9. The van der Waals surface area contributed by atoms with Crippen LogP contribution >= 0.6 is 11.3 Å². The molecule has 2 amide bonds. The van der Waals surface area contributed by atoms with Crippen LogP contribution < -0.4 is 0 Å². The summed E-state index contributed by atoms with van der Waals surface area (Å²) in [5, 5.41) is 3.06. The molecule has 0 bridgehead atoms. The van der Waals surface area contributed by atoms with Gasteiger partial charge >= 0.3 is 0 Å². The molecule has 7 heteroatoms. The topological polar surface area (TPSA) is 65.6 Å². The van der Waals surface area contributed by atoms with Crippen molar-refractivity contribution in [1.29, 1.82) is 0 Å². The van der Waals surface area contributed by atoms with E-state index in [0.29, 0.717) is 37.5 Å². The zero-order valence-electron chi connectivity index (χ0n) is 23.4. The van der Waals surface area contributed by atoms with Gasteiger partial charge in [0.2, 0.25) is 5.91 Å². The molecule has 4 rings (SSSR count). The molecule has 4 aromatic rings. The normalized spacial score (nSPS) is 11.6. The van der Waals surface area contributed by atoms with Crippen LogP contribution in [0.5, 0.6) is 0 Å². The molecule has 0 saturated heterocycles. The summed E-state index contributed by atoms with van der Waals surface area (Å²) in [5.41, 5.74) is 4.67. The molecule has 0 unspecified atom stereocenters. The van der Waals surface area contributed by atoms with Gasteiger partial charge in [-0.2, -0.15) is 0 Å². The number of ether oxygens (including phenoxy) is 1. The second kappa shape index (κ2) is 13.1. The highest BCUT2D eigenvalue weighted by molar-refractivity contribution is 7.12. The number of aromatic nitrogens is 1. The molecule has 0 atom stereocenters. The molecule has 2 heterocycles. The molecule has 0 spiro atoms. The van der Waals surface area contributed by atoms with Crippen LogP contribution in [0.1, 0.15) is 53.6 Å². The number of nitrogens with zero attached hydrogens (tertiary/aromatic N) is 2. The van der Waals surface area contributed by atoms with Gasteiger partial charge in [0.05, 0.1) is 4.88 Å².